The predicted molar refractivity (Wildman–Crippen MR) is 78.3 cm³/mol. The molecule has 114 valence electrons. The fourth-order valence-corrected chi connectivity index (χ4v) is 1.61. The maximum atomic E-state index is 8.78. The first kappa shape index (κ1) is 15.1. The number of nitrogens with one attached hydrogen (secondary N) is 2. The van der Waals surface area contributed by atoms with E-state index in [1.807, 2.05) is 0 Å². The number of aromatic nitrogens is 6. The molecular weight excluding hydrogens is 272 g/mol. The lowest BCUT2D eigenvalue weighted by atomic mass is 10.3. The van der Waals surface area contributed by atoms with Crippen molar-refractivity contribution in [1.82, 2.24) is 29.7 Å². The third-order valence-electron chi connectivity index (χ3n) is 2.65. The number of unbranched alkanes of at least 4 members (excludes halogenated alkanes) is 1. The van der Waals surface area contributed by atoms with E-state index in [1.165, 1.54) is 17.3 Å². The molecule has 0 aliphatic heterocycles. The third-order valence-corrected chi connectivity index (χ3v) is 2.65. The van der Waals surface area contributed by atoms with Crippen molar-refractivity contribution >= 4 is 11.9 Å². The van der Waals surface area contributed by atoms with Gasteiger partial charge in [-0.15, -0.1) is 0 Å². The zero-order valence-electron chi connectivity index (χ0n) is 12.0. The number of rotatable bonds is 9. The number of anilines is 2. The Hall–Kier alpha value is -2.29. The highest BCUT2D eigenvalue weighted by atomic mass is 16.2. The Balaban J connectivity index is 2.12. The van der Waals surface area contributed by atoms with E-state index in [2.05, 4.69) is 42.6 Å². The van der Waals surface area contributed by atoms with E-state index in [4.69, 9.17) is 5.11 Å². The molecule has 0 aromatic carbocycles. The second kappa shape index (κ2) is 8.10. The number of hydrogen-bond acceptors (Lipinski definition) is 8. The lowest BCUT2D eigenvalue weighted by Crippen LogP contribution is -2.14. The van der Waals surface area contributed by atoms with Gasteiger partial charge in [0.05, 0.1) is 0 Å². The lowest BCUT2D eigenvalue weighted by Gasteiger charge is -2.09. The van der Waals surface area contributed by atoms with Gasteiger partial charge in [-0.2, -0.15) is 24.7 Å². The van der Waals surface area contributed by atoms with Crippen molar-refractivity contribution in [3.8, 4) is 5.95 Å². The summed E-state index contributed by atoms with van der Waals surface area (Å²) in [5.41, 5.74) is 0. The fraction of sp³-hybridized carbons (Fsp3) is 0.583. The van der Waals surface area contributed by atoms with Crippen LogP contribution in [-0.4, -0.2) is 54.5 Å². The molecule has 0 unspecified atom stereocenters. The summed E-state index contributed by atoms with van der Waals surface area (Å²) in [7, 11) is 0. The highest BCUT2D eigenvalue weighted by molar-refractivity contribution is 5.37. The van der Waals surface area contributed by atoms with Crippen molar-refractivity contribution in [3.05, 3.63) is 12.7 Å². The quantitative estimate of drug-likeness (QED) is 0.571. The first-order valence-electron chi connectivity index (χ1n) is 7.03. The van der Waals surface area contributed by atoms with Gasteiger partial charge in [0.25, 0.3) is 5.95 Å². The average Bonchev–Trinajstić information content (AvgIpc) is 3.04. The lowest BCUT2D eigenvalue weighted by molar-refractivity contribution is 0.286. The van der Waals surface area contributed by atoms with Crippen LogP contribution in [0.5, 0.6) is 0 Å². The van der Waals surface area contributed by atoms with Crippen LogP contribution in [0.1, 0.15) is 26.2 Å². The molecular formula is C12H20N8O. The minimum Gasteiger partial charge on any atom is -0.396 e. The van der Waals surface area contributed by atoms with Gasteiger partial charge in [0, 0.05) is 19.7 Å². The van der Waals surface area contributed by atoms with Crippen LogP contribution in [0, 0.1) is 0 Å². The van der Waals surface area contributed by atoms with E-state index >= 15 is 0 Å². The standard InChI is InChI=1S/C12H20N8O/c1-2-5-14-10-17-11(15-6-3-4-7-21)19-12(18-10)20-9-13-8-16-20/h8-9,21H,2-7H2,1H3,(H2,14,15,17,18,19). The van der Waals surface area contributed by atoms with E-state index in [9.17, 15) is 0 Å². The summed E-state index contributed by atoms with van der Waals surface area (Å²) in [6.07, 6.45) is 5.53. The zero-order chi connectivity index (χ0) is 14.9. The van der Waals surface area contributed by atoms with Gasteiger partial charge in [-0.25, -0.2) is 4.98 Å². The maximum Gasteiger partial charge on any atom is 0.258 e. The van der Waals surface area contributed by atoms with E-state index in [0.717, 1.165) is 25.8 Å². The smallest absolute Gasteiger partial charge is 0.258 e. The second-order valence-electron chi connectivity index (χ2n) is 4.41. The molecule has 9 nitrogen and oxygen atoms in total. The van der Waals surface area contributed by atoms with Gasteiger partial charge in [0.15, 0.2) is 0 Å². The molecule has 0 saturated heterocycles. The Bertz CT molecular complexity index is 530. The molecule has 2 aromatic heterocycles. The predicted octanol–water partition coefficient (Wildman–Crippen LogP) is 0.459. The van der Waals surface area contributed by atoms with E-state index in [1.54, 1.807) is 0 Å². The average molecular weight is 292 g/mol. The Kier molecular flexibility index (Phi) is 5.83. The molecule has 0 atom stereocenters. The summed E-state index contributed by atoms with van der Waals surface area (Å²) in [5.74, 6) is 1.39. The molecule has 3 N–H and O–H groups in total. The first-order chi connectivity index (χ1) is 10.3. The molecule has 9 heteroatoms. The molecule has 0 fully saturated rings. The highest BCUT2D eigenvalue weighted by Crippen LogP contribution is 2.08. The van der Waals surface area contributed by atoms with E-state index in [0.29, 0.717) is 24.4 Å². The summed E-state index contributed by atoms with van der Waals surface area (Å²) in [6, 6.07) is 0. The van der Waals surface area contributed by atoms with Crippen molar-refractivity contribution < 1.29 is 5.11 Å². The van der Waals surface area contributed by atoms with Crippen LogP contribution in [-0.2, 0) is 0 Å². The summed E-state index contributed by atoms with van der Waals surface area (Å²) >= 11 is 0. The molecule has 0 amide bonds. The van der Waals surface area contributed by atoms with Gasteiger partial charge in [-0.1, -0.05) is 6.92 Å². The van der Waals surface area contributed by atoms with Crippen LogP contribution in [0.25, 0.3) is 5.95 Å². The van der Waals surface area contributed by atoms with Crippen molar-refractivity contribution in [3.63, 3.8) is 0 Å². The van der Waals surface area contributed by atoms with Gasteiger partial charge in [-0.3, -0.25) is 0 Å². The maximum absolute atomic E-state index is 8.78. The van der Waals surface area contributed by atoms with Crippen LogP contribution in [0.3, 0.4) is 0 Å². The summed E-state index contributed by atoms with van der Waals surface area (Å²) in [5, 5.41) is 19.1. The van der Waals surface area contributed by atoms with E-state index in [-0.39, 0.29) is 6.61 Å². The molecule has 0 radical (unpaired) electrons. The van der Waals surface area contributed by atoms with Crippen LogP contribution in [0.4, 0.5) is 11.9 Å². The van der Waals surface area contributed by atoms with Gasteiger partial charge in [0.2, 0.25) is 11.9 Å². The highest BCUT2D eigenvalue weighted by Gasteiger charge is 2.08. The molecule has 2 aromatic rings. The van der Waals surface area contributed by atoms with Crippen LogP contribution in [0.2, 0.25) is 0 Å². The number of hydrogen-bond donors (Lipinski definition) is 3. The third kappa shape index (κ3) is 4.63. The van der Waals surface area contributed by atoms with Gasteiger partial charge in [-0.05, 0) is 19.3 Å². The van der Waals surface area contributed by atoms with Crippen LogP contribution in [0.15, 0.2) is 12.7 Å². The topological polar surface area (TPSA) is 114 Å². The van der Waals surface area contributed by atoms with Crippen LogP contribution < -0.4 is 10.6 Å². The first-order valence-corrected chi connectivity index (χ1v) is 7.03. The molecule has 0 aliphatic rings. The molecule has 2 rings (SSSR count). The van der Waals surface area contributed by atoms with Crippen molar-refractivity contribution in [2.75, 3.05) is 30.3 Å². The largest absolute Gasteiger partial charge is 0.396 e. The van der Waals surface area contributed by atoms with Crippen LogP contribution >= 0.6 is 0 Å². The molecule has 0 spiro atoms. The van der Waals surface area contributed by atoms with Gasteiger partial charge >= 0.3 is 0 Å². The Morgan fingerprint density at radius 1 is 1.10 bits per heavy atom. The molecule has 0 bridgehead atoms. The Labute approximate surface area is 122 Å². The fourth-order valence-electron chi connectivity index (χ4n) is 1.61. The molecule has 0 saturated carbocycles. The van der Waals surface area contributed by atoms with Crippen molar-refractivity contribution in [2.45, 2.75) is 26.2 Å². The minimum atomic E-state index is 0.187. The number of aliphatic hydroxyl groups excluding tert-OH is 1. The number of aliphatic hydroxyl groups is 1. The van der Waals surface area contributed by atoms with Crippen molar-refractivity contribution in [2.24, 2.45) is 0 Å². The monoisotopic (exact) mass is 292 g/mol. The minimum absolute atomic E-state index is 0.187. The molecule has 21 heavy (non-hydrogen) atoms. The molecule has 0 aliphatic carbocycles. The summed E-state index contributed by atoms with van der Waals surface area (Å²) in [4.78, 5) is 16.8. The Morgan fingerprint density at radius 3 is 2.48 bits per heavy atom. The summed E-state index contributed by atoms with van der Waals surface area (Å²) < 4.78 is 1.48. The SMILES string of the molecule is CCCNc1nc(NCCCCO)nc(-n2cncn2)n1. The number of nitrogens with zero attached hydrogens (tertiary/aromatic N) is 6. The van der Waals surface area contributed by atoms with E-state index < -0.39 is 0 Å². The van der Waals surface area contributed by atoms with Gasteiger partial charge in [0.1, 0.15) is 12.7 Å². The zero-order valence-corrected chi connectivity index (χ0v) is 12.0. The summed E-state index contributed by atoms with van der Waals surface area (Å²) in [6.45, 7) is 3.73. The second-order valence-corrected chi connectivity index (χ2v) is 4.41. The normalized spacial score (nSPS) is 10.6. The Morgan fingerprint density at radius 2 is 1.86 bits per heavy atom. The molecule has 2 heterocycles. The van der Waals surface area contributed by atoms with Crippen molar-refractivity contribution in [1.29, 1.82) is 0 Å². The van der Waals surface area contributed by atoms with Gasteiger partial charge < -0.3 is 15.7 Å².